The minimum absolute atomic E-state index is 0.0816. The van der Waals surface area contributed by atoms with E-state index in [1.165, 1.54) is 6.92 Å². The Bertz CT molecular complexity index is 584. The number of hydrogen-bond acceptors (Lipinski definition) is 3. The summed E-state index contributed by atoms with van der Waals surface area (Å²) in [5.74, 6) is -0.0816. The Morgan fingerprint density at radius 1 is 1.28 bits per heavy atom. The fraction of sp³-hybridized carbons (Fsp3) is 0.214. The van der Waals surface area contributed by atoms with Gasteiger partial charge in [0.2, 0.25) is 0 Å². The largest absolute Gasteiger partial charge is 0.293 e. The van der Waals surface area contributed by atoms with Crippen molar-refractivity contribution in [3.05, 3.63) is 48.2 Å². The van der Waals surface area contributed by atoms with Crippen LogP contribution in [0.3, 0.4) is 0 Å². The van der Waals surface area contributed by atoms with Gasteiger partial charge in [-0.05, 0) is 6.92 Å². The van der Waals surface area contributed by atoms with Gasteiger partial charge in [-0.15, -0.1) is 5.10 Å². The predicted octanol–water partition coefficient (Wildman–Crippen LogP) is 2.72. The van der Waals surface area contributed by atoms with Gasteiger partial charge in [0.25, 0.3) is 0 Å². The van der Waals surface area contributed by atoms with Crippen LogP contribution in [-0.2, 0) is 6.54 Å². The summed E-state index contributed by atoms with van der Waals surface area (Å²) in [4.78, 5) is 11.6. The van der Waals surface area contributed by atoms with Crippen LogP contribution in [0.1, 0.15) is 24.3 Å². The molecule has 1 aromatic carbocycles. The molecule has 0 atom stereocenters. The van der Waals surface area contributed by atoms with E-state index in [4.69, 9.17) is 0 Å². The van der Waals surface area contributed by atoms with Gasteiger partial charge >= 0.3 is 0 Å². The maximum atomic E-state index is 11.6. The summed E-state index contributed by atoms with van der Waals surface area (Å²) in [6.45, 7) is 7.85. The molecule has 0 N–H and O–H groups in total. The number of allylic oxidation sites excluding steroid dienone is 1. The van der Waals surface area contributed by atoms with Gasteiger partial charge in [0, 0.05) is 12.5 Å². The van der Waals surface area contributed by atoms with Gasteiger partial charge in [-0.25, -0.2) is 4.68 Å². The van der Waals surface area contributed by atoms with Crippen molar-refractivity contribution in [1.29, 1.82) is 0 Å². The number of rotatable bonds is 4. The molecule has 4 heteroatoms. The average Bonchev–Trinajstić information content (AvgIpc) is 2.73. The normalized spacial score (nSPS) is 10.3. The van der Waals surface area contributed by atoms with Gasteiger partial charge in [-0.2, -0.15) is 0 Å². The summed E-state index contributed by atoms with van der Waals surface area (Å²) in [5, 5.41) is 8.01. The highest BCUT2D eigenvalue weighted by Crippen LogP contribution is 2.22. The van der Waals surface area contributed by atoms with E-state index in [1.807, 2.05) is 37.3 Å². The quantitative estimate of drug-likeness (QED) is 0.610. The molecule has 0 saturated carbocycles. The van der Waals surface area contributed by atoms with Crippen molar-refractivity contribution >= 4 is 5.78 Å². The highest BCUT2D eigenvalue weighted by molar-refractivity contribution is 5.97. The van der Waals surface area contributed by atoms with Crippen molar-refractivity contribution < 1.29 is 4.79 Å². The Labute approximate surface area is 106 Å². The lowest BCUT2D eigenvalue weighted by Crippen LogP contribution is -2.04. The molecule has 0 fully saturated rings. The Morgan fingerprint density at radius 3 is 2.50 bits per heavy atom. The molecule has 0 saturated heterocycles. The van der Waals surface area contributed by atoms with Crippen molar-refractivity contribution in [3.8, 4) is 11.3 Å². The van der Waals surface area contributed by atoms with Crippen LogP contribution in [0, 0.1) is 0 Å². The Hall–Kier alpha value is -2.23. The number of carbonyl (C=O) groups is 1. The number of Topliss-reactive ketones (excluding diaryl/α,β-unsaturated/α-hetero) is 1. The lowest BCUT2D eigenvalue weighted by molar-refractivity contribution is 0.101. The van der Waals surface area contributed by atoms with Gasteiger partial charge in [-0.1, -0.05) is 47.7 Å². The fourth-order valence-electron chi connectivity index (χ4n) is 1.80. The number of aromatic nitrogens is 3. The van der Waals surface area contributed by atoms with Crippen molar-refractivity contribution in [2.75, 3.05) is 0 Å². The summed E-state index contributed by atoms with van der Waals surface area (Å²) in [5.41, 5.74) is 3.06. The van der Waals surface area contributed by atoms with E-state index in [-0.39, 0.29) is 5.78 Å². The highest BCUT2D eigenvalue weighted by Gasteiger charge is 2.17. The standard InChI is InChI=1S/C14H15N3O/c1-10(2)9-17-14(12-7-5-4-6-8-12)13(11(3)18)15-16-17/h4-8H,1,9H2,2-3H3. The average molecular weight is 241 g/mol. The molecule has 0 radical (unpaired) electrons. The van der Waals surface area contributed by atoms with Crippen molar-refractivity contribution in [2.45, 2.75) is 20.4 Å². The zero-order valence-electron chi connectivity index (χ0n) is 10.6. The molecular weight excluding hydrogens is 226 g/mol. The molecule has 18 heavy (non-hydrogen) atoms. The molecule has 4 nitrogen and oxygen atoms in total. The fourth-order valence-corrected chi connectivity index (χ4v) is 1.80. The third-order valence-electron chi connectivity index (χ3n) is 2.54. The Kier molecular flexibility index (Phi) is 3.37. The van der Waals surface area contributed by atoms with Crippen LogP contribution >= 0.6 is 0 Å². The maximum Gasteiger partial charge on any atom is 0.182 e. The molecule has 0 spiro atoms. The number of nitrogens with zero attached hydrogens (tertiary/aromatic N) is 3. The van der Waals surface area contributed by atoms with E-state index < -0.39 is 0 Å². The molecule has 1 heterocycles. The molecule has 2 rings (SSSR count). The molecule has 2 aromatic rings. The van der Waals surface area contributed by atoms with Crippen LogP contribution in [0.25, 0.3) is 11.3 Å². The highest BCUT2D eigenvalue weighted by atomic mass is 16.1. The van der Waals surface area contributed by atoms with E-state index in [0.29, 0.717) is 12.2 Å². The van der Waals surface area contributed by atoms with Crippen molar-refractivity contribution in [3.63, 3.8) is 0 Å². The van der Waals surface area contributed by atoms with E-state index >= 15 is 0 Å². The van der Waals surface area contributed by atoms with Crippen LogP contribution in [0.2, 0.25) is 0 Å². The van der Waals surface area contributed by atoms with E-state index in [0.717, 1.165) is 16.8 Å². The first-order chi connectivity index (χ1) is 8.59. The van der Waals surface area contributed by atoms with Crippen LogP contribution < -0.4 is 0 Å². The summed E-state index contributed by atoms with van der Waals surface area (Å²) >= 11 is 0. The second kappa shape index (κ2) is 4.96. The van der Waals surface area contributed by atoms with Gasteiger partial charge < -0.3 is 0 Å². The van der Waals surface area contributed by atoms with Gasteiger partial charge in [-0.3, -0.25) is 4.79 Å². The van der Waals surface area contributed by atoms with Crippen LogP contribution in [0.4, 0.5) is 0 Å². The summed E-state index contributed by atoms with van der Waals surface area (Å²) in [6, 6.07) is 9.68. The second-order valence-electron chi connectivity index (χ2n) is 4.32. The molecule has 0 aliphatic carbocycles. The van der Waals surface area contributed by atoms with E-state index in [9.17, 15) is 4.79 Å². The molecule has 92 valence electrons. The second-order valence-corrected chi connectivity index (χ2v) is 4.32. The lowest BCUT2D eigenvalue weighted by Gasteiger charge is -2.07. The van der Waals surface area contributed by atoms with Crippen molar-refractivity contribution in [1.82, 2.24) is 15.0 Å². The van der Waals surface area contributed by atoms with Crippen LogP contribution in [0.15, 0.2) is 42.5 Å². The van der Waals surface area contributed by atoms with Crippen LogP contribution in [0.5, 0.6) is 0 Å². The van der Waals surface area contributed by atoms with E-state index in [2.05, 4.69) is 16.9 Å². The zero-order valence-corrected chi connectivity index (χ0v) is 10.6. The SMILES string of the molecule is C=C(C)Cn1nnc(C(C)=O)c1-c1ccccc1. The number of carbonyl (C=O) groups excluding carboxylic acids is 1. The predicted molar refractivity (Wildman–Crippen MR) is 70.3 cm³/mol. The maximum absolute atomic E-state index is 11.6. The number of hydrogen-bond donors (Lipinski definition) is 0. The summed E-state index contributed by atoms with van der Waals surface area (Å²) in [7, 11) is 0. The first-order valence-electron chi connectivity index (χ1n) is 5.74. The minimum atomic E-state index is -0.0816. The van der Waals surface area contributed by atoms with Crippen LogP contribution in [-0.4, -0.2) is 20.8 Å². The first kappa shape index (κ1) is 12.2. The van der Waals surface area contributed by atoms with Crippen molar-refractivity contribution in [2.24, 2.45) is 0 Å². The molecule has 1 aromatic heterocycles. The third kappa shape index (κ3) is 2.37. The molecule has 0 aliphatic rings. The summed E-state index contributed by atoms with van der Waals surface area (Å²) in [6.07, 6.45) is 0. The van der Waals surface area contributed by atoms with Gasteiger partial charge in [0.1, 0.15) is 0 Å². The smallest absolute Gasteiger partial charge is 0.182 e. The monoisotopic (exact) mass is 241 g/mol. The molecule has 0 unspecified atom stereocenters. The van der Waals surface area contributed by atoms with E-state index in [1.54, 1.807) is 4.68 Å². The third-order valence-corrected chi connectivity index (χ3v) is 2.54. The molecule has 0 aliphatic heterocycles. The molecule has 0 bridgehead atoms. The summed E-state index contributed by atoms with van der Waals surface area (Å²) < 4.78 is 1.72. The topological polar surface area (TPSA) is 47.8 Å². The molecular formula is C14H15N3O. The molecule has 0 amide bonds. The van der Waals surface area contributed by atoms with Gasteiger partial charge in [0.15, 0.2) is 11.5 Å². The minimum Gasteiger partial charge on any atom is -0.293 e. The number of benzene rings is 1. The zero-order chi connectivity index (χ0) is 13.1. The Balaban J connectivity index is 2.57. The lowest BCUT2D eigenvalue weighted by atomic mass is 10.1. The Morgan fingerprint density at radius 2 is 1.94 bits per heavy atom. The number of ketones is 1. The van der Waals surface area contributed by atoms with Gasteiger partial charge in [0.05, 0.1) is 12.2 Å². The first-order valence-corrected chi connectivity index (χ1v) is 5.74.